The van der Waals surface area contributed by atoms with Gasteiger partial charge in [-0.3, -0.25) is 4.79 Å². The van der Waals surface area contributed by atoms with Crippen molar-refractivity contribution in [2.45, 2.75) is 39.0 Å². The maximum Gasteiger partial charge on any atom is 0.323 e. The van der Waals surface area contributed by atoms with E-state index in [1.807, 2.05) is 36.0 Å². The fourth-order valence-electron chi connectivity index (χ4n) is 3.44. The van der Waals surface area contributed by atoms with Crippen LogP contribution in [0.25, 0.3) is 0 Å². The molecule has 140 valence electrons. The van der Waals surface area contributed by atoms with Gasteiger partial charge in [0.25, 0.3) is 0 Å². The molecule has 1 fully saturated rings. The van der Waals surface area contributed by atoms with Crippen LogP contribution in [0.4, 0.5) is 6.01 Å². The molecule has 6 heteroatoms. The second kappa shape index (κ2) is 8.34. The molecule has 1 saturated heterocycles. The Balaban J connectivity index is 1.42. The number of hydrogen-bond acceptors (Lipinski definition) is 5. The van der Waals surface area contributed by atoms with E-state index in [0.717, 1.165) is 50.2 Å². The summed E-state index contributed by atoms with van der Waals surface area (Å²) in [6.45, 7) is 3.76. The number of amides is 1. The zero-order chi connectivity index (χ0) is 18.5. The second-order valence-corrected chi connectivity index (χ2v) is 7.42. The smallest absolute Gasteiger partial charge is 0.323 e. The van der Waals surface area contributed by atoms with Gasteiger partial charge in [-0.05, 0) is 37.7 Å². The first-order valence-electron chi connectivity index (χ1n) is 9.34. The van der Waals surface area contributed by atoms with E-state index in [9.17, 15) is 4.79 Å². The van der Waals surface area contributed by atoms with E-state index < -0.39 is 0 Å². The van der Waals surface area contributed by atoms with Gasteiger partial charge >= 0.3 is 6.01 Å². The highest BCUT2D eigenvalue weighted by Crippen LogP contribution is 2.23. The first-order valence-corrected chi connectivity index (χ1v) is 9.34. The topological polar surface area (TPSA) is 62.5 Å². The van der Waals surface area contributed by atoms with Crippen LogP contribution in [0, 0.1) is 12.8 Å². The van der Waals surface area contributed by atoms with Crippen molar-refractivity contribution in [2.24, 2.45) is 5.92 Å². The van der Waals surface area contributed by atoms with E-state index in [-0.39, 0.29) is 5.91 Å². The first-order chi connectivity index (χ1) is 12.5. The van der Waals surface area contributed by atoms with Crippen LogP contribution in [0.3, 0.4) is 0 Å². The highest BCUT2D eigenvalue weighted by Gasteiger charge is 2.23. The highest BCUT2D eigenvalue weighted by atomic mass is 16.5. The number of benzene rings is 1. The molecule has 0 atom stereocenters. The minimum Gasteiger partial charge on any atom is -0.342 e. The molecule has 1 aliphatic heterocycles. The Kier molecular flexibility index (Phi) is 5.91. The number of rotatable bonds is 6. The normalized spacial score (nSPS) is 15.3. The third-order valence-corrected chi connectivity index (χ3v) is 5.02. The Bertz CT molecular complexity index is 733. The summed E-state index contributed by atoms with van der Waals surface area (Å²) in [5.74, 6) is 1.63. The van der Waals surface area contributed by atoms with Crippen molar-refractivity contribution in [2.75, 3.05) is 32.1 Å². The molecular formula is C20H28N4O2. The maximum atomic E-state index is 12.5. The fraction of sp³-hybridized carbons (Fsp3) is 0.550. The van der Waals surface area contributed by atoms with Crippen LogP contribution < -0.4 is 4.90 Å². The Morgan fingerprint density at radius 1 is 1.31 bits per heavy atom. The Labute approximate surface area is 155 Å². The van der Waals surface area contributed by atoms with Crippen molar-refractivity contribution in [3.63, 3.8) is 0 Å². The lowest BCUT2D eigenvalue weighted by molar-refractivity contribution is -0.131. The zero-order valence-electron chi connectivity index (χ0n) is 15.9. The summed E-state index contributed by atoms with van der Waals surface area (Å²) in [5, 5.41) is 4.03. The predicted molar refractivity (Wildman–Crippen MR) is 101 cm³/mol. The van der Waals surface area contributed by atoms with Crippen molar-refractivity contribution in [1.82, 2.24) is 15.0 Å². The molecule has 1 aliphatic rings. The molecule has 0 bridgehead atoms. The molecule has 2 heterocycles. The molecule has 0 radical (unpaired) electrons. The van der Waals surface area contributed by atoms with Crippen LogP contribution in [0.5, 0.6) is 0 Å². The van der Waals surface area contributed by atoms with Crippen LogP contribution in [0.15, 0.2) is 28.8 Å². The van der Waals surface area contributed by atoms with E-state index in [4.69, 9.17) is 4.52 Å². The van der Waals surface area contributed by atoms with E-state index in [2.05, 4.69) is 29.2 Å². The standard InChI is InChI=1S/C20H28N4O2/c1-15-5-4-6-17(13-15)14-19(25)24-11-9-16(10-12-24)7-8-18-21-20(23(2)3)26-22-18/h4-6,13,16H,7-12,14H2,1-3H3. The molecule has 0 unspecified atom stereocenters. The third-order valence-electron chi connectivity index (χ3n) is 5.02. The lowest BCUT2D eigenvalue weighted by Gasteiger charge is -2.32. The molecule has 0 saturated carbocycles. The van der Waals surface area contributed by atoms with E-state index >= 15 is 0 Å². The van der Waals surface area contributed by atoms with Crippen LogP contribution in [0.2, 0.25) is 0 Å². The van der Waals surface area contributed by atoms with Crippen LogP contribution in [0.1, 0.15) is 36.2 Å². The van der Waals surface area contributed by atoms with Gasteiger partial charge in [-0.25, -0.2) is 0 Å². The van der Waals surface area contributed by atoms with E-state index in [0.29, 0.717) is 18.4 Å². The zero-order valence-corrected chi connectivity index (χ0v) is 15.9. The van der Waals surface area contributed by atoms with Crippen molar-refractivity contribution >= 4 is 11.9 Å². The van der Waals surface area contributed by atoms with Crippen LogP contribution in [-0.2, 0) is 17.6 Å². The Morgan fingerprint density at radius 2 is 2.08 bits per heavy atom. The minimum absolute atomic E-state index is 0.239. The minimum atomic E-state index is 0.239. The molecule has 2 aromatic rings. The monoisotopic (exact) mass is 356 g/mol. The van der Waals surface area contributed by atoms with Gasteiger partial charge in [-0.1, -0.05) is 35.0 Å². The quantitative estimate of drug-likeness (QED) is 0.796. The summed E-state index contributed by atoms with van der Waals surface area (Å²) < 4.78 is 5.19. The summed E-state index contributed by atoms with van der Waals surface area (Å²) in [5.41, 5.74) is 2.30. The number of likely N-dealkylation sites (tertiary alicyclic amines) is 1. The van der Waals surface area contributed by atoms with Crippen molar-refractivity contribution in [1.29, 1.82) is 0 Å². The second-order valence-electron chi connectivity index (χ2n) is 7.42. The van der Waals surface area contributed by atoms with Gasteiger partial charge in [0, 0.05) is 33.6 Å². The van der Waals surface area contributed by atoms with Gasteiger partial charge < -0.3 is 14.3 Å². The molecule has 3 rings (SSSR count). The molecule has 1 aromatic carbocycles. The highest BCUT2D eigenvalue weighted by molar-refractivity contribution is 5.78. The van der Waals surface area contributed by atoms with Gasteiger partial charge in [0.2, 0.25) is 5.91 Å². The van der Waals surface area contributed by atoms with Gasteiger partial charge in [0.05, 0.1) is 6.42 Å². The average molecular weight is 356 g/mol. The molecule has 0 spiro atoms. The summed E-state index contributed by atoms with van der Waals surface area (Å²) in [6.07, 6.45) is 4.49. The van der Waals surface area contributed by atoms with Crippen molar-refractivity contribution < 1.29 is 9.32 Å². The largest absolute Gasteiger partial charge is 0.342 e. The average Bonchev–Trinajstić information content (AvgIpc) is 3.10. The Hall–Kier alpha value is -2.37. The van der Waals surface area contributed by atoms with Crippen molar-refractivity contribution in [3.8, 4) is 0 Å². The summed E-state index contributed by atoms with van der Waals surface area (Å²) >= 11 is 0. The molecule has 1 aromatic heterocycles. The SMILES string of the molecule is Cc1cccc(CC(=O)N2CCC(CCc3noc(N(C)C)n3)CC2)c1. The van der Waals surface area contributed by atoms with Gasteiger partial charge in [0.15, 0.2) is 5.82 Å². The van der Waals surface area contributed by atoms with E-state index in [1.165, 1.54) is 5.56 Å². The number of carbonyl (C=O) groups is 1. The molecule has 6 nitrogen and oxygen atoms in total. The van der Waals surface area contributed by atoms with Gasteiger partial charge in [-0.2, -0.15) is 4.98 Å². The van der Waals surface area contributed by atoms with Crippen molar-refractivity contribution in [3.05, 3.63) is 41.2 Å². The molecular weight excluding hydrogens is 328 g/mol. The summed E-state index contributed by atoms with van der Waals surface area (Å²) in [4.78, 5) is 20.7. The number of nitrogens with zero attached hydrogens (tertiary/aromatic N) is 4. The van der Waals surface area contributed by atoms with E-state index in [1.54, 1.807) is 0 Å². The summed E-state index contributed by atoms with van der Waals surface area (Å²) in [6, 6.07) is 8.76. The van der Waals surface area contributed by atoms with Gasteiger partial charge in [-0.15, -0.1) is 0 Å². The molecule has 0 aliphatic carbocycles. The maximum absolute atomic E-state index is 12.5. The number of anilines is 1. The Morgan fingerprint density at radius 3 is 2.73 bits per heavy atom. The molecule has 26 heavy (non-hydrogen) atoms. The molecule has 1 amide bonds. The lowest BCUT2D eigenvalue weighted by atomic mass is 9.92. The third kappa shape index (κ3) is 4.84. The van der Waals surface area contributed by atoms with Crippen LogP contribution in [-0.4, -0.2) is 48.1 Å². The number of aryl methyl sites for hydroxylation is 2. The van der Waals surface area contributed by atoms with Gasteiger partial charge in [0.1, 0.15) is 0 Å². The fourth-order valence-corrected chi connectivity index (χ4v) is 3.44. The van der Waals surface area contributed by atoms with Crippen LogP contribution >= 0.6 is 0 Å². The number of carbonyl (C=O) groups excluding carboxylic acids is 1. The first kappa shape index (κ1) is 18.4. The summed E-state index contributed by atoms with van der Waals surface area (Å²) in [7, 11) is 3.78. The number of hydrogen-bond donors (Lipinski definition) is 0. The molecule has 0 N–H and O–H groups in total. The lowest BCUT2D eigenvalue weighted by Crippen LogP contribution is -2.39. The number of piperidine rings is 1. The number of aromatic nitrogens is 2. The predicted octanol–water partition coefficient (Wildman–Crippen LogP) is 2.86.